The van der Waals surface area contributed by atoms with Gasteiger partial charge in [0.2, 0.25) is 0 Å². The van der Waals surface area contributed by atoms with E-state index in [4.69, 9.17) is 5.11 Å². The fraction of sp³-hybridized carbons (Fsp3) is 0.818. The summed E-state index contributed by atoms with van der Waals surface area (Å²) >= 11 is 0. The lowest BCUT2D eigenvalue weighted by Crippen LogP contribution is -2.44. The average Bonchev–Trinajstić information content (AvgIpc) is 2.20. The molecule has 0 aromatic carbocycles. The molecule has 0 aliphatic rings. The molecular formula is C11H19F3N2O3. The Bertz CT molecular complexity index is 319. The number of carbonyl (C=O) groups is 2. The fourth-order valence-electron chi connectivity index (χ4n) is 1.53. The quantitative estimate of drug-likeness (QED) is 0.783. The second-order valence-corrected chi connectivity index (χ2v) is 4.82. The maximum absolute atomic E-state index is 12.0. The number of carbonyl (C=O) groups excluding carboxylic acids is 1. The summed E-state index contributed by atoms with van der Waals surface area (Å²) in [5.41, 5.74) is 0. The molecule has 0 fully saturated rings. The van der Waals surface area contributed by atoms with E-state index in [0.29, 0.717) is 11.3 Å². The monoisotopic (exact) mass is 284 g/mol. The van der Waals surface area contributed by atoms with Gasteiger partial charge in [0.05, 0.1) is 5.92 Å². The van der Waals surface area contributed by atoms with Crippen LogP contribution in [-0.2, 0) is 4.79 Å². The Balaban J connectivity index is 4.29. The van der Waals surface area contributed by atoms with Crippen LogP contribution in [0.25, 0.3) is 0 Å². The summed E-state index contributed by atoms with van der Waals surface area (Å²) in [6.07, 6.45) is -4.13. The Kier molecular flexibility index (Phi) is 6.64. The van der Waals surface area contributed by atoms with Crippen molar-refractivity contribution in [2.45, 2.75) is 26.4 Å². The van der Waals surface area contributed by atoms with Crippen molar-refractivity contribution in [3.8, 4) is 0 Å². The van der Waals surface area contributed by atoms with Crippen LogP contribution in [0.3, 0.4) is 0 Å². The minimum Gasteiger partial charge on any atom is -0.481 e. The predicted molar refractivity (Wildman–Crippen MR) is 62.7 cm³/mol. The summed E-state index contributed by atoms with van der Waals surface area (Å²) in [6, 6.07) is -0.938. The van der Waals surface area contributed by atoms with Crippen LogP contribution in [0, 0.1) is 11.8 Å². The molecule has 0 aliphatic carbocycles. The molecule has 2 N–H and O–H groups in total. The maximum Gasteiger partial charge on any atom is 0.406 e. The molecule has 0 heterocycles. The van der Waals surface area contributed by atoms with Crippen LogP contribution in [-0.4, -0.2) is 48.3 Å². The number of nitrogens with zero attached hydrogens (tertiary/aromatic N) is 1. The number of rotatable bonds is 6. The molecule has 112 valence electrons. The van der Waals surface area contributed by atoms with Gasteiger partial charge in [-0.15, -0.1) is 0 Å². The van der Waals surface area contributed by atoms with Gasteiger partial charge in [-0.25, -0.2) is 4.79 Å². The van der Waals surface area contributed by atoms with Crippen molar-refractivity contribution in [3.63, 3.8) is 0 Å². The van der Waals surface area contributed by atoms with Crippen LogP contribution in [0.4, 0.5) is 18.0 Å². The van der Waals surface area contributed by atoms with Crippen molar-refractivity contribution in [2.75, 3.05) is 20.1 Å². The Morgan fingerprint density at radius 3 is 2.21 bits per heavy atom. The van der Waals surface area contributed by atoms with E-state index in [0.717, 1.165) is 7.05 Å². The Labute approximate surface area is 109 Å². The summed E-state index contributed by atoms with van der Waals surface area (Å²) in [5, 5.41) is 11.1. The average molecular weight is 284 g/mol. The summed E-state index contributed by atoms with van der Waals surface area (Å²) in [4.78, 5) is 22.7. The number of nitrogens with one attached hydrogen (secondary N) is 1. The van der Waals surface area contributed by atoms with E-state index in [1.54, 1.807) is 0 Å². The zero-order valence-corrected chi connectivity index (χ0v) is 11.1. The molecule has 0 rings (SSSR count). The minimum atomic E-state index is -4.48. The van der Waals surface area contributed by atoms with Crippen molar-refractivity contribution in [2.24, 2.45) is 11.8 Å². The lowest BCUT2D eigenvalue weighted by Gasteiger charge is -2.21. The largest absolute Gasteiger partial charge is 0.481 e. The Morgan fingerprint density at radius 2 is 1.84 bits per heavy atom. The zero-order chi connectivity index (χ0) is 15.2. The van der Waals surface area contributed by atoms with Gasteiger partial charge >= 0.3 is 18.2 Å². The van der Waals surface area contributed by atoms with Gasteiger partial charge < -0.3 is 15.3 Å². The summed E-state index contributed by atoms with van der Waals surface area (Å²) < 4.78 is 36.1. The highest BCUT2D eigenvalue weighted by Crippen LogP contribution is 2.15. The molecule has 0 spiro atoms. The molecule has 0 aromatic heterocycles. The van der Waals surface area contributed by atoms with Crippen LogP contribution in [0.1, 0.15) is 20.3 Å². The number of amides is 2. The van der Waals surface area contributed by atoms with E-state index in [2.05, 4.69) is 5.32 Å². The lowest BCUT2D eigenvalue weighted by molar-refractivity contribution is -0.142. The first kappa shape index (κ1) is 17.5. The van der Waals surface area contributed by atoms with Crippen molar-refractivity contribution in [3.05, 3.63) is 0 Å². The molecule has 5 nitrogen and oxygen atoms in total. The van der Waals surface area contributed by atoms with E-state index >= 15 is 0 Å². The van der Waals surface area contributed by atoms with Gasteiger partial charge in [-0.1, -0.05) is 13.8 Å². The highest BCUT2D eigenvalue weighted by Gasteiger charge is 2.31. The topological polar surface area (TPSA) is 69.6 Å². The molecule has 19 heavy (non-hydrogen) atoms. The van der Waals surface area contributed by atoms with E-state index in [1.165, 1.54) is 0 Å². The van der Waals surface area contributed by atoms with Crippen molar-refractivity contribution in [1.29, 1.82) is 0 Å². The molecular weight excluding hydrogens is 265 g/mol. The van der Waals surface area contributed by atoms with Gasteiger partial charge in [0.1, 0.15) is 6.54 Å². The van der Waals surface area contributed by atoms with Gasteiger partial charge in [-0.3, -0.25) is 4.79 Å². The van der Waals surface area contributed by atoms with Crippen LogP contribution >= 0.6 is 0 Å². The number of alkyl halides is 3. The van der Waals surface area contributed by atoms with Crippen molar-refractivity contribution >= 4 is 12.0 Å². The van der Waals surface area contributed by atoms with Crippen LogP contribution < -0.4 is 5.32 Å². The second-order valence-electron chi connectivity index (χ2n) is 4.82. The maximum atomic E-state index is 12.0. The molecule has 0 aromatic rings. The molecule has 0 saturated heterocycles. The SMILES string of the molecule is CC(C)CC(CNC(=O)N(C)CC(F)(F)F)C(=O)O. The number of urea groups is 1. The molecule has 1 atom stereocenters. The molecule has 0 aliphatic heterocycles. The molecule has 2 amide bonds. The minimum absolute atomic E-state index is 0.117. The summed E-state index contributed by atoms with van der Waals surface area (Å²) in [7, 11) is 1.00. The molecule has 8 heteroatoms. The van der Waals surface area contributed by atoms with E-state index in [9.17, 15) is 22.8 Å². The third-order valence-electron chi connectivity index (χ3n) is 2.37. The van der Waals surface area contributed by atoms with Gasteiger partial charge in [-0.2, -0.15) is 13.2 Å². The number of carboxylic acids is 1. The van der Waals surface area contributed by atoms with Crippen molar-refractivity contribution < 1.29 is 27.9 Å². The smallest absolute Gasteiger partial charge is 0.406 e. The van der Waals surface area contributed by atoms with Gasteiger partial charge in [-0.05, 0) is 12.3 Å². The third kappa shape index (κ3) is 8.28. The van der Waals surface area contributed by atoms with E-state index in [-0.39, 0.29) is 12.5 Å². The lowest BCUT2D eigenvalue weighted by atomic mass is 9.97. The third-order valence-corrected chi connectivity index (χ3v) is 2.37. The number of halogens is 3. The molecule has 0 bridgehead atoms. The Hall–Kier alpha value is -1.47. The predicted octanol–water partition coefficient (Wildman–Crippen LogP) is 1.94. The number of hydrogen-bond donors (Lipinski definition) is 2. The van der Waals surface area contributed by atoms with Crippen LogP contribution in [0.2, 0.25) is 0 Å². The Morgan fingerprint density at radius 1 is 1.32 bits per heavy atom. The normalized spacial score (nSPS) is 13.2. The first-order chi connectivity index (χ1) is 8.53. The van der Waals surface area contributed by atoms with Crippen LogP contribution in [0.15, 0.2) is 0 Å². The van der Waals surface area contributed by atoms with E-state index in [1.807, 2.05) is 13.8 Å². The second kappa shape index (κ2) is 7.20. The number of hydrogen-bond acceptors (Lipinski definition) is 2. The van der Waals surface area contributed by atoms with E-state index < -0.39 is 30.6 Å². The standard InChI is InChI=1S/C11H19F3N2O3/c1-7(2)4-8(9(17)18)5-15-10(19)16(3)6-11(12,13)14/h7-8H,4-6H2,1-3H3,(H,15,19)(H,17,18). The summed E-state index contributed by atoms with van der Waals surface area (Å²) in [5.74, 6) is -1.76. The first-order valence-electron chi connectivity index (χ1n) is 5.81. The zero-order valence-electron chi connectivity index (χ0n) is 11.1. The van der Waals surface area contributed by atoms with Gasteiger partial charge in [0, 0.05) is 13.6 Å². The molecule has 0 saturated carbocycles. The molecule has 0 radical (unpaired) electrons. The fourth-order valence-corrected chi connectivity index (χ4v) is 1.53. The van der Waals surface area contributed by atoms with Crippen LogP contribution in [0.5, 0.6) is 0 Å². The highest BCUT2D eigenvalue weighted by molar-refractivity contribution is 5.75. The van der Waals surface area contributed by atoms with Crippen molar-refractivity contribution in [1.82, 2.24) is 10.2 Å². The summed E-state index contributed by atoms with van der Waals surface area (Å²) in [6.45, 7) is 2.09. The number of aliphatic carboxylic acids is 1. The number of carboxylic acid groups (broad SMARTS) is 1. The molecule has 1 unspecified atom stereocenters. The highest BCUT2D eigenvalue weighted by atomic mass is 19.4. The van der Waals surface area contributed by atoms with Gasteiger partial charge in [0.15, 0.2) is 0 Å². The van der Waals surface area contributed by atoms with Gasteiger partial charge in [0.25, 0.3) is 0 Å². The first-order valence-corrected chi connectivity index (χ1v) is 5.81.